The summed E-state index contributed by atoms with van der Waals surface area (Å²) in [5, 5.41) is 9.14. The van der Waals surface area contributed by atoms with Crippen LogP contribution in [0.15, 0.2) is 30.3 Å². The van der Waals surface area contributed by atoms with Crippen molar-refractivity contribution in [1.82, 2.24) is 15.3 Å². The van der Waals surface area contributed by atoms with Crippen molar-refractivity contribution in [2.45, 2.75) is 20.8 Å². The highest BCUT2D eigenvalue weighted by molar-refractivity contribution is 5.97. The molecular weight excluding hydrogens is 318 g/mol. The normalized spacial score (nSPS) is 10.2. The first kappa shape index (κ1) is 18.4. The maximum Gasteiger partial charge on any atom is 0.251 e. The molecule has 1 aromatic heterocycles. The minimum Gasteiger partial charge on any atom is -0.370 e. The molecule has 132 valence electrons. The number of aromatic nitrogens is 2. The van der Waals surface area contributed by atoms with Crippen LogP contribution in [0.25, 0.3) is 0 Å². The molecule has 0 aliphatic heterocycles. The molecule has 0 bridgehead atoms. The lowest BCUT2D eigenvalue weighted by Crippen LogP contribution is -2.29. The van der Waals surface area contributed by atoms with Crippen molar-refractivity contribution in [3.05, 3.63) is 47.3 Å². The summed E-state index contributed by atoms with van der Waals surface area (Å²) in [6.07, 6.45) is 0. The number of hydrogen-bond donors (Lipinski definition) is 3. The van der Waals surface area contributed by atoms with Gasteiger partial charge in [-0.25, -0.2) is 9.97 Å². The number of rotatable bonds is 8. The van der Waals surface area contributed by atoms with Crippen LogP contribution >= 0.6 is 0 Å². The van der Waals surface area contributed by atoms with Crippen molar-refractivity contribution in [3.63, 3.8) is 0 Å². The SMILES string of the molecule is CCNc1cc(NCCNC(=O)c2ccc(C(C)=O)cc2)nc(C)n1. The van der Waals surface area contributed by atoms with Crippen molar-refractivity contribution in [1.29, 1.82) is 0 Å². The molecule has 2 rings (SSSR count). The van der Waals surface area contributed by atoms with E-state index in [4.69, 9.17) is 0 Å². The standard InChI is InChI=1S/C18H23N5O2/c1-4-19-16-11-17(23-13(3)22-16)20-9-10-21-18(25)15-7-5-14(6-8-15)12(2)24/h5-8,11H,4,9-10H2,1-3H3,(H,21,25)(H2,19,20,22,23). The zero-order chi connectivity index (χ0) is 18.2. The highest BCUT2D eigenvalue weighted by atomic mass is 16.1. The molecule has 0 saturated carbocycles. The number of amides is 1. The molecule has 3 N–H and O–H groups in total. The summed E-state index contributed by atoms with van der Waals surface area (Å²) in [4.78, 5) is 31.9. The monoisotopic (exact) mass is 341 g/mol. The van der Waals surface area contributed by atoms with Gasteiger partial charge in [0.25, 0.3) is 5.91 Å². The number of carbonyl (C=O) groups excluding carboxylic acids is 2. The number of nitrogens with zero attached hydrogens (tertiary/aromatic N) is 2. The van der Waals surface area contributed by atoms with Gasteiger partial charge in [-0.15, -0.1) is 0 Å². The van der Waals surface area contributed by atoms with Gasteiger partial charge in [0.1, 0.15) is 17.5 Å². The summed E-state index contributed by atoms with van der Waals surface area (Å²) in [6, 6.07) is 8.44. The Labute approximate surface area is 147 Å². The number of nitrogens with one attached hydrogen (secondary N) is 3. The molecule has 0 radical (unpaired) electrons. The van der Waals surface area contributed by atoms with Crippen molar-refractivity contribution >= 4 is 23.3 Å². The number of benzene rings is 1. The molecule has 0 aliphatic rings. The highest BCUT2D eigenvalue weighted by Crippen LogP contribution is 2.10. The lowest BCUT2D eigenvalue weighted by molar-refractivity contribution is 0.0953. The third-order valence-corrected chi connectivity index (χ3v) is 3.47. The lowest BCUT2D eigenvalue weighted by Gasteiger charge is -2.10. The molecule has 7 heteroatoms. The summed E-state index contributed by atoms with van der Waals surface area (Å²) in [5.74, 6) is 1.96. The fourth-order valence-electron chi connectivity index (χ4n) is 2.25. The van der Waals surface area contributed by atoms with E-state index in [0.29, 0.717) is 35.9 Å². The Morgan fingerprint density at radius 3 is 2.16 bits per heavy atom. The van der Waals surface area contributed by atoms with E-state index in [-0.39, 0.29) is 11.7 Å². The molecule has 2 aromatic rings. The van der Waals surface area contributed by atoms with Crippen LogP contribution in [0, 0.1) is 6.92 Å². The molecule has 0 unspecified atom stereocenters. The Bertz CT molecular complexity index is 744. The third kappa shape index (κ3) is 5.56. The summed E-state index contributed by atoms with van der Waals surface area (Å²) in [6.45, 7) is 7.11. The van der Waals surface area contributed by atoms with Gasteiger partial charge in [-0.3, -0.25) is 9.59 Å². The van der Waals surface area contributed by atoms with Crippen molar-refractivity contribution in [3.8, 4) is 0 Å². The zero-order valence-corrected chi connectivity index (χ0v) is 14.7. The summed E-state index contributed by atoms with van der Waals surface area (Å²) >= 11 is 0. The van der Waals surface area contributed by atoms with Crippen LogP contribution < -0.4 is 16.0 Å². The minimum atomic E-state index is -0.177. The average Bonchev–Trinajstić information content (AvgIpc) is 2.58. The largest absolute Gasteiger partial charge is 0.370 e. The quantitative estimate of drug-likeness (QED) is 0.503. The summed E-state index contributed by atoms with van der Waals surface area (Å²) in [5.41, 5.74) is 1.12. The van der Waals surface area contributed by atoms with E-state index in [1.54, 1.807) is 24.3 Å². The fraction of sp³-hybridized carbons (Fsp3) is 0.333. The molecule has 7 nitrogen and oxygen atoms in total. The Kier molecular flexibility index (Phi) is 6.45. The first-order valence-electron chi connectivity index (χ1n) is 8.22. The van der Waals surface area contributed by atoms with E-state index in [2.05, 4.69) is 25.9 Å². The van der Waals surface area contributed by atoms with Crippen LogP contribution in [0.3, 0.4) is 0 Å². The Morgan fingerprint density at radius 2 is 1.56 bits per heavy atom. The van der Waals surface area contributed by atoms with Crippen LogP contribution in [-0.2, 0) is 0 Å². The molecule has 1 amide bonds. The highest BCUT2D eigenvalue weighted by Gasteiger charge is 2.06. The average molecular weight is 341 g/mol. The van der Waals surface area contributed by atoms with Crippen LogP contribution in [0.5, 0.6) is 0 Å². The van der Waals surface area contributed by atoms with Crippen LogP contribution in [0.4, 0.5) is 11.6 Å². The predicted molar refractivity (Wildman–Crippen MR) is 98.2 cm³/mol. The van der Waals surface area contributed by atoms with E-state index >= 15 is 0 Å². The van der Waals surface area contributed by atoms with Gasteiger partial charge in [-0.1, -0.05) is 12.1 Å². The Balaban J connectivity index is 1.82. The molecule has 0 saturated heterocycles. The topological polar surface area (TPSA) is 96.0 Å². The Hall–Kier alpha value is -2.96. The van der Waals surface area contributed by atoms with Crippen LogP contribution in [-0.4, -0.2) is 41.3 Å². The van der Waals surface area contributed by atoms with Crippen molar-refractivity contribution < 1.29 is 9.59 Å². The van der Waals surface area contributed by atoms with Gasteiger partial charge in [-0.05, 0) is 32.9 Å². The molecule has 1 aromatic carbocycles. The maximum atomic E-state index is 12.1. The molecule has 0 atom stereocenters. The molecule has 0 spiro atoms. The van der Waals surface area contributed by atoms with Gasteiger partial charge in [0, 0.05) is 36.8 Å². The van der Waals surface area contributed by atoms with E-state index in [1.807, 2.05) is 19.9 Å². The van der Waals surface area contributed by atoms with Gasteiger partial charge in [-0.2, -0.15) is 0 Å². The van der Waals surface area contributed by atoms with Crippen LogP contribution in [0.2, 0.25) is 0 Å². The second-order valence-electron chi connectivity index (χ2n) is 5.53. The molecular formula is C18H23N5O2. The van der Waals surface area contributed by atoms with E-state index in [0.717, 1.165) is 12.4 Å². The smallest absolute Gasteiger partial charge is 0.251 e. The Morgan fingerprint density at radius 1 is 0.960 bits per heavy atom. The van der Waals surface area contributed by atoms with Crippen molar-refractivity contribution in [2.75, 3.05) is 30.3 Å². The van der Waals surface area contributed by atoms with Crippen LogP contribution in [0.1, 0.15) is 40.4 Å². The zero-order valence-electron chi connectivity index (χ0n) is 14.7. The van der Waals surface area contributed by atoms with Gasteiger partial charge in [0.05, 0.1) is 0 Å². The fourth-order valence-corrected chi connectivity index (χ4v) is 2.25. The van der Waals surface area contributed by atoms with Gasteiger partial charge >= 0.3 is 0 Å². The minimum absolute atomic E-state index is 0.0202. The second-order valence-corrected chi connectivity index (χ2v) is 5.53. The first-order valence-corrected chi connectivity index (χ1v) is 8.22. The van der Waals surface area contributed by atoms with E-state index in [1.165, 1.54) is 6.92 Å². The summed E-state index contributed by atoms with van der Waals surface area (Å²) in [7, 11) is 0. The van der Waals surface area contributed by atoms with Gasteiger partial charge in [0.2, 0.25) is 0 Å². The molecule has 0 aliphatic carbocycles. The van der Waals surface area contributed by atoms with Crippen molar-refractivity contribution in [2.24, 2.45) is 0 Å². The molecule has 25 heavy (non-hydrogen) atoms. The number of ketones is 1. The lowest BCUT2D eigenvalue weighted by atomic mass is 10.1. The number of Topliss-reactive ketones (excluding diaryl/α,β-unsaturated/α-hetero) is 1. The number of hydrogen-bond acceptors (Lipinski definition) is 6. The second kappa shape index (κ2) is 8.77. The molecule has 1 heterocycles. The number of carbonyl (C=O) groups is 2. The number of anilines is 2. The van der Waals surface area contributed by atoms with E-state index < -0.39 is 0 Å². The summed E-state index contributed by atoms with van der Waals surface area (Å²) < 4.78 is 0. The maximum absolute atomic E-state index is 12.1. The first-order chi connectivity index (χ1) is 12.0. The third-order valence-electron chi connectivity index (χ3n) is 3.47. The molecule has 0 fully saturated rings. The van der Waals surface area contributed by atoms with Gasteiger partial charge in [0.15, 0.2) is 5.78 Å². The predicted octanol–water partition coefficient (Wildman–Crippen LogP) is 2.26. The van der Waals surface area contributed by atoms with Gasteiger partial charge < -0.3 is 16.0 Å². The number of aryl methyl sites for hydroxylation is 1. The van der Waals surface area contributed by atoms with E-state index in [9.17, 15) is 9.59 Å².